The molecule has 2 aromatic carbocycles. The molecule has 0 aromatic heterocycles. The summed E-state index contributed by atoms with van der Waals surface area (Å²) in [5, 5.41) is 18.4. The number of carbonyl (C=O) groups excluding carboxylic acids is 2. The van der Waals surface area contributed by atoms with Gasteiger partial charge in [-0.3, -0.25) is 4.79 Å². The Balaban J connectivity index is 1.54. The van der Waals surface area contributed by atoms with E-state index >= 15 is 0 Å². The molecule has 2 N–H and O–H groups in total. The average molecular weight is 557 g/mol. The van der Waals surface area contributed by atoms with Crippen molar-refractivity contribution < 1.29 is 34.0 Å². The van der Waals surface area contributed by atoms with Crippen molar-refractivity contribution in [2.24, 2.45) is 11.3 Å². The first-order valence-corrected chi connectivity index (χ1v) is 14.7. The van der Waals surface area contributed by atoms with E-state index in [4.69, 9.17) is 14.2 Å². The summed E-state index contributed by atoms with van der Waals surface area (Å²) in [4.78, 5) is 24.1. The molecule has 0 spiro atoms. The largest absolute Gasteiger partial charge is 0.494 e. The zero-order valence-corrected chi connectivity index (χ0v) is 24.5. The first kappa shape index (κ1) is 33.3. The highest BCUT2D eigenvalue weighted by molar-refractivity contribution is 5.90. The minimum atomic E-state index is -1.22. The second-order valence-corrected chi connectivity index (χ2v) is 10.9. The molecule has 0 saturated carbocycles. The molecule has 0 aliphatic rings. The number of unbranched alkanes of at least 4 members (excludes halogenated alkanes) is 7. The molecule has 40 heavy (non-hydrogen) atoms. The number of ether oxygens (including phenoxy) is 3. The molecule has 0 aliphatic carbocycles. The molecule has 0 heterocycles. The highest BCUT2D eigenvalue weighted by Gasteiger charge is 2.33. The lowest BCUT2D eigenvalue weighted by Crippen LogP contribution is -2.37. The number of aliphatic hydroxyl groups excluding tert-OH is 2. The van der Waals surface area contributed by atoms with E-state index in [0.29, 0.717) is 31.3 Å². The summed E-state index contributed by atoms with van der Waals surface area (Å²) in [5.41, 5.74) is 1.46. The van der Waals surface area contributed by atoms with E-state index in [1.807, 2.05) is 48.5 Å². The standard InChI is InChI=1S/C33H48O7/c1-4-26(2)23-40-31(36)29-15-13-27(14-16-29)28-17-19-30(20-18-28)38-21-11-9-7-5-6-8-10-12-22-39-32(37)33(3,24-34)25-35/h13-20,26,34-35H,4-12,21-25H2,1-3H3. The molecule has 0 bridgehead atoms. The van der Waals surface area contributed by atoms with Gasteiger partial charge in [-0.05, 0) is 61.1 Å². The Kier molecular flexibility index (Phi) is 15.4. The molecule has 2 rings (SSSR count). The van der Waals surface area contributed by atoms with Crippen LogP contribution in [0.5, 0.6) is 5.75 Å². The zero-order valence-electron chi connectivity index (χ0n) is 24.5. The summed E-state index contributed by atoms with van der Waals surface area (Å²) in [6, 6.07) is 15.5. The van der Waals surface area contributed by atoms with E-state index < -0.39 is 24.6 Å². The number of benzene rings is 2. The Bertz CT molecular complexity index is 981. The molecule has 7 nitrogen and oxygen atoms in total. The van der Waals surface area contributed by atoms with E-state index in [2.05, 4.69) is 13.8 Å². The maximum absolute atomic E-state index is 12.2. The second kappa shape index (κ2) is 18.4. The Morgan fingerprint density at radius 3 is 1.77 bits per heavy atom. The van der Waals surface area contributed by atoms with E-state index in [-0.39, 0.29) is 5.97 Å². The molecule has 0 aliphatic heterocycles. The number of esters is 2. The van der Waals surface area contributed by atoms with Crippen molar-refractivity contribution in [2.75, 3.05) is 33.0 Å². The predicted molar refractivity (Wildman–Crippen MR) is 157 cm³/mol. The second-order valence-electron chi connectivity index (χ2n) is 10.9. The normalized spacial score (nSPS) is 12.1. The fraction of sp³-hybridized carbons (Fsp3) is 0.576. The van der Waals surface area contributed by atoms with Crippen LogP contribution >= 0.6 is 0 Å². The van der Waals surface area contributed by atoms with Gasteiger partial charge in [0.05, 0.1) is 38.6 Å². The number of hydrogen-bond donors (Lipinski definition) is 2. The van der Waals surface area contributed by atoms with Gasteiger partial charge in [-0.1, -0.05) is 83.1 Å². The topological polar surface area (TPSA) is 102 Å². The van der Waals surface area contributed by atoms with Crippen molar-refractivity contribution in [3.63, 3.8) is 0 Å². The van der Waals surface area contributed by atoms with Gasteiger partial charge in [-0.15, -0.1) is 0 Å². The van der Waals surface area contributed by atoms with Gasteiger partial charge >= 0.3 is 11.9 Å². The summed E-state index contributed by atoms with van der Waals surface area (Å²) in [7, 11) is 0. The van der Waals surface area contributed by atoms with Gasteiger partial charge in [0.15, 0.2) is 0 Å². The molecule has 0 radical (unpaired) electrons. The van der Waals surface area contributed by atoms with Crippen LogP contribution in [-0.4, -0.2) is 55.2 Å². The van der Waals surface area contributed by atoms with Crippen LogP contribution in [0.2, 0.25) is 0 Å². The van der Waals surface area contributed by atoms with Crippen LogP contribution in [0, 0.1) is 11.3 Å². The lowest BCUT2D eigenvalue weighted by atomic mass is 9.93. The van der Waals surface area contributed by atoms with E-state index in [1.165, 1.54) is 19.8 Å². The first-order chi connectivity index (χ1) is 19.3. The lowest BCUT2D eigenvalue weighted by molar-refractivity contribution is -0.160. The molecule has 0 fully saturated rings. The smallest absolute Gasteiger partial charge is 0.338 e. The third kappa shape index (κ3) is 11.7. The monoisotopic (exact) mass is 556 g/mol. The van der Waals surface area contributed by atoms with E-state index in [1.54, 1.807) is 0 Å². The van der Waals surface area contributed by atoms with Gasteiger partial charge in [0.25, 0.3) is 0 Å². The van der Waals surface area contributed by atoms with Crippen LogP contribution in [0.3, 0.4) is 0 Å². The fourth-order valence-electron chi connectivity index (χ4n) is 3.93. The molecule has 0 amide bonds. The molecule has 1 unspecified atom stereocenters. The molecular formula is C33H48O7. The highest BCUT2D eigenvalue weighted by atomic mass is 16.5. The van der Waals surface area contributed by atoms with E-state index in [0.717, 1.165) is 61.8 Å². The van der Waals surface area contributed by atoms with Gasteiger partial charge in [0, 0.05) is 0 Å². The lowest BCUT2D eigenvalue weighted by Gasteiger charge is -2.22. The number of aliphatic hydroxyl groups is 2. The van der Waals surface area contributed by atoms with Crippen LogP contribution in [0.15, 0.2) is 48.5 Å². The van der Waals surface area contributed by atoms with Gasteiger partial charge in [-0.25, -0.2) is 4.79 Å². The van der Waals surface area contributed by atoms with Crippen molar-refractivity contribution in [1.29, 1.82) is 0 Å². The summed E-state index contributed by atoms with van der Waals surface area (Å²) < 4.78 is 16.4. The fourth-order valence-corrected chi connectivity index (χ4v) is 3.93. The average Bonchev–Trinajstić information content (AvgIpc) is 2.99. The Labute approximate surface area is 239 Å². The molecule has 7 heteroatoms. The molecule has 1 atom stereocenters. The van der Waals surface area contributed by atoms with Gasteiger partial charge < -0.3 is 24.4 Å². The van der Waals surface area contributed by atoms with Crippen LogP contribution in [0.25, 0.3) is 11.1 Å². The molecule has 222 valence electrons. The number of carbonyl (C=O) groups is 2. The summed E-state index contributed by atoms with van der Waals surface area (Å²) in [6.07, 6.45) is 9.52. The minimum absolute atomic E-state index is 0.279. The van der Waals surface area contributed by atoms with Crippen molar-refractivity contribution in [3.05, 3.63) is 54.1 Å². The van der Waals surface area contributed by atoms with Crippen LogP contribution in [0.4, 0.5) is 0 Å². The highest BCUT2D eigenvalue weighted by Crippen LogP contribution is 2.23. The van der Waals surface area contributed by atoms with Gasteiger partial charge in [0.1, 0.15) is 11.2 Å². The van der Waals surface area contributed by atoms with Crippen molar-refractivity contribution in [1.82, 2.24) is 0 Å². The SMILES string of the molecule is CCC(C)COC(=O)c1ccc(-c2ccc(OCCCCCCCCCCOC(=O)C(C)(CO)CO)cc2)cc1. The van der Waals surface area contributed by atoms with Crippen LogP contribution < -0.4 is 4.74 Å². The number of rotatable bonds is 20. The third-order valence-electron chi connectivity index (χ3n) is 7.24. The quantitative estimate of drug-likeness (QED) is 0.140. The van der Waals surface area contributed by atoms with Crippen molar-refractivity contribution in [2.45, 2.75) is 78.6 Å². The van der Waals surface area contributed by atoms with Crippen molar-refractivity contribution in [3.8, 4) is 16.9 Å². The Hall–Kier alpha value is -2.90. The maximum Gasteiger partial charge on any atom is 0.338 e. The Morgan fingerprint density at radius 1 is 0.750 bits per heavy atom. The minimum Gasteiger partial charge on any atom is -0.494 e. The molecular weight excluding hydrogens is 508 g/mol. The zero-order chi connectivity index (χ0) is 29.2. The van der Waals surface area contributed by atoms with Crippen LogP contribution in [0.1, 0.15) is 88.9 Å². The third-order valence-corrected chi connectivity index (χ3v) is 7.24. The molecule has 2 aromatic rings. The first-order valence-electron chi connectivity index (χ1n) is 14.7. The Morgan fingerprint density at radius 2 is 1.25 bits per heavy atom. The maximum atomic E-state index is 12.2. The number of hydrogen-bond acceptors (Lipinski definition) is 7. The summed E-state index contributed by atoms with van der Waals surface area (Å²) in [5.74, 6) is 0.396. The predicted octanol–water partition coefficient (Wildman–Crippen LogP) is 6.59. The van der Waals surface area contributed by atoms with Gasteiger partial charge in [0.2, 0.25) is 0 Å². The van der Waals surface area contributed by atoms with Gasteiger partial charge in [-0.2, -0.15) is 0 Å². The van der Waals surface area contributed by atoms with Crippen molar-refractivity contribution >= 4 is 11.9 Å². The summed E-state index contributed by atoms with van der Waals surface area (Å²) >= 11 is 0. The molecule has 0 saturated heterocycles. The van der Waals surface area contributed by atoms with E-state index in [9.17, 15) is 19.8 Å². The van der Waals surface area contributed by atoms with Crippen LogP contribution in [-0.2, 0) is 14.3 Å². The summed E-state index contributed by atoms with van der Waals surface area (Å²) in [6.45, 7) is 6.27.